The lowest BCUT2D eigenvalue weighted by molar-refractivity contribution is 0.00337. The third kappa shape index (κ3) is 5.02. The van der Waals surface area contributed by atoms with Gasteiger partial charge in [-0.05, 0) is 50.4 Å². The summed E-state index contributed by atoms with van der Waals surface area (Å²) in [5.74, 6) is -4.32. The summed E-state index contributed by atoms with van der Waals surface area (Å²) in [5.41, 5.74) is 5.39. The number of halogens is 6. The largest absolute Gasteiger partial charge is 0.461 e. The smallest absolute Gasteiger partial charge is 0.319 e. The first-order valence-electron chi connectivity index (χ1n) is 14.2. The number of benzene rings is 2. The van der Waals surface area contributed by atoms with Crippen LogP contribution in [0.1, 0.15) is 38.5 Å². The number of hydrogen-bond acceptors (Lipinski definition) is 8. The molecule has 0 aliphatic carbocycles. The van der Waals surface area contributed by atoms with Crippen LogP contribution in [0.2, 0.25) is 5.02 Å². The van der Waals surface area contributed by atoms with Gasteiger partial charge in [-0.3, -0.25) is 4.90 Å². The standard InChI is InChI=1S/C29H28ClF5N6OS/c30-18-10-17-22(21(33)20(18)16-4-5-19(32)24-23(16)37-26(36)43-24)38-27(39-25(17)40-8-2-1-7-29(34,35)13-40)42-14-28-6-3-9-41(28)12-15(31)11-28/h4-5,10,15H,1-3,6-9,11-14H2,(H2,36,37)/t15-,28+/m1/s1. The molecule has 0 radical (unpaired) electrons. The Balaban J connectivity index is 1.38. The Bertz CT molecular complexity index is 1740. The van der Waals surface area contributed by atoms with E-state index in [-0.39, 0.29) is 73.8 Å². The third-order valence-corrected chi connectivity index (χ3v) is 9.99. The number of hydrogen-bond donors (Lipinski definition) is 1. The van der Waals surface area contributed by atoms with Gasteiger partial charge in [0.05, 0.1) is 27.3 Å². The molecule has 14 heteroatoms. The average Bonchev–Trinajstić information content (AvgIpc) is 3.58. The van der Waals surface area contributed by atoms with Gasteiger partial charge in [0.25, 0.3) is 5.92 Å². The van der Waals surface area contributed by atoms with Gasteiger partial charge in [-0.1, -0.05) is 22.9 Å². The Labute approximate surface area is 252 Å². The minimum Gasteiger partial charge on any atom is -0.461 e. The summed E-state index contributed by atoms with van der Waals surface area (Å²) >= 11 is 7.59. The second kappa shape index (κ2) is 10.6. The van der Waals surface area contributed by atoms with Crippen molar-refractivity contribution in [2.75, 3.05) is 43.4 Å². The van der Waals surface area contributed by atoms with E-state index in [0.29, 0.717) is 25.8 Å². The first-order chi connectivity index (χ1) is 20.5. The molecule has 2 aromatic carbocycles. The predicted octanol–water partition coefficient (Wildman–Crippen LogP) is 7.00. The predicted molar refractivity (Wildman–Crippen MR) is 157 cm³/mol. The van der Waals surface area contributed by atoms with Gasteiger partial charge in [-0.15, -0.1) is 0 Å². The molecule has 0 spiro atoms. The third-order valence-electron chi connectivity index (χ3n) is 8.80. The Hall–Kier alpha value is -3.03. The molecule has 2 N–H and O–H groups in total. The zero-order chi connectivity index (χ0) is 30.1. The second-order valence-corrected chi connectivity index (χ2v) is 13.1. The summed E-state index contributed by atoms with van der Waals surface area (Å²) in [7, 11) is 0. The molecule has 4 aromatic rings. The van der Waals surface area contributed by atoms with E-state index < -0.39 is 35.8 Å². The number of nitrogen functional groups attached to an aromatic ring is 1. The lowest BCUT2D eigenvalue weighted by Gasteiger charge is -2.31. The fraction of sp³-hybridized carbons (Fsp3) is 0.483. The summed E-state index contributed by atoms with van der Waals surface area (Å²) in [6.07, 6.45) is 1.50. The molecule has 2 atom stereocenters. The molecule has 0 saturated carbocycles. The van der Waals surface area contributed by atoms with Crippen LogP contribution in [0.3, 0.4) is 0 Å². The maximum absolute atomic E-state index is 16.6. The number of thiazole rings is 1. The topological polar surface area (TPSA) is 80.4 Å². The highest BCUT2D eigenvalue weighted by Gasteiger charge is 2.49. The number of fused-ring (bicyclic) bond motifs is 3. The van der Waals surface area contributed by atoms with Gasteiger partial charge >= 0.3 is 6.01 Å². The maximum Gasteiger partial charge on any atom is 0.319 e. The van der Waals surface area contributed by atoms with Crippen LogP contribution >= 0.6 is 22.9 Å². The number of alkyl halides is 3. The molecule has 3 saturated heterocycles. The lowest BCUT2D eigenvalue weighted by Crippen LogP contribution is -2.43. The number of nitrogens with two attached hydrogens (primary N) is 1. The van der Waals surface area contributed by atoms with E-state index in [1.807, 2.05) is 0 Å². The highest BCUT2D eigenvalue weighted by atomic mass is 35.5. The molecule has 0 unspecified atom stereocenters. The molecule has 228 valence electrons. The van der Waals surface area contributed by atoms with Crippen molar-refractivity contribution in [2.45, 2.75) is 56.2 Å². The van der Waals surface area contributed by atoms with Crippen molar-refractivity contribution in [1.82, 2.24) is 19.9 Å². The van der Waals surface area contributed by atoms with Crippen molar-refractivity contribution in [3.63, 3.8) is 0 Å². The molecule has 5 heterocycles. The number of anilines is 2. The van der Waals surface area contributed by atoms with Crippen LogP contribution in [0.4, 0.5) is 32.9 Å². The van der Waals surface area contributed by atoms with Crippen molar-refractivity contribution in [2.24, 2.45) is 0 Å². The summed E-state index contributed by atoms with van der Waals surface area (Å²) in [6, 6.07) is 3.78. The molecule has 3 aliphatic rings. The Morgan fingerprint density at radius 3 is 2.74 bits per heavy atom. The lowest BCUT2D eigenvalue weighted by atomic mass is 9.95. The molecule has 7 nitrogen and oxygen atoms in total. The highest BCUT2D eigenvalue weighted by molar-refractivity contribution is 7.22. The van der Waals surface area contributed by atoms with Crippen molar-refractivity contribution < 1.29 is 26.7 Å². The van der Waals surface area contributed by atoms with Crippen molar-refractivity contribution >= 4 is 55.0 Å². The van der Waals surface area contributed by atoms with Crippen LogP contribution in [0.5, 0.6) is 6.01 Å². The summed E-state index contributed by atoms with van der Waals surface area (Å²) in [4.78, 5) is 16.6. The second-order valence-electron chi connectivity index (χ2n) is 11.7. The highest BCUT2D eigenvalue weighted by Crippen LogP contribution is 2.44. The van der Waals surface area contributed by atoms with Gasteiger partial charge in [0.15, 0.2) is 10.9 Å². The average molecular weight is 639 g/mol. The van der Waals surface area contributed by atoms with Crippen LogP contribution in [-0.4, -0.2) is 70.3 Å². The van der Waals surface area contributed by atoms with Gasteiger partial charge in [0.1, 0.15) is 29.9 Å². The Morgan fingerprint density at radius 1 is 1.07 bits per heavy atom. The number of nitrogens with zero attached hydrogens (tertiary/aromatic N) is 5. The van der Waals surface area contributed by atoms with E-state index >= 15 is 4.39 Å². The monoisotopic (exact) mass is 638 g/mol. The summed E-state index contributed by atoms with van der Waals surface area (Å²) in [5, 5.41) is 0.187. The minimum absolute atomic E-state index is 0.0509. The van der Waals surface area contributed by atoms with Gasteiger partial charge in [-0.2, -0.15) is 9.97 Å². The minimum atomic E-state index is -2.98. The molecule has 7 rings (SSSR count). The molecule has 43 heavy (non-hydrogen) atoms. The van der Waals surface area contributed by atoms with Crippen molar-refractivity contribution in [1.29, 1.82) is 0 Å². The molecular weight excluding hydrogens is 611 g/mol. The molecule has 3 fully saturated rings. The zero-order valence-electron chi connectivity index (χ0n) is 23.0. The van der Waals surface area contributed by atoms with E-state index in [9.17, 15) is 17.6 Å². The molecule has 3 aliphatic heterocycles. The normalized spacial score (nSPS) is 24.1. The molecule has 0 amide bonds. The quantitative estimate of drug-likeness (QED) is 0.236. The number of rotatable bonds is 5. The number of aromatic nitrogens is 3. The van der Waals surface area contributed by atoms with Crippen LogP contribution in [-0.2, 0) is 0 Å². The Kier molecular flexibility index (Phi) is 7.05. The first kappa shape index (κ1) is 28.7. The van der Waals surface area contributed by atoms with Gasteiger partial charge in [0, 0.05) is 42.4 Å². The van der Waals surface area contributed by atoms with E-state index in [1.54, 1.807) is 0 Å². The van der Waals surface area contributed by atoms with E-state index in [0.717, 1.165) is 30.7 Å². The fourth-order valence-electron chi connectivity index (χ4n) is 6.86. The van der Waals surface area contributed by atoms with Gasteiger partial charge < -0.3 is 15.4 Å². The molecular formula is C29H28ClF5N6OS. The van der Waals surface area contributed by atoms with Gasteiger partial charge in [-0.25, -0.2) is 26.9 Å². The van der Waals surface area contributed by atoms with Crippen LogP contribution < -0.4 is 15.4 Å². The van der Waals surface area contributed by atoms with E-state index in [1.165, 1.54) is 23.1 Å². The zero-order valence-corrected chi connectivity index (χ0v) is 24.6. The van der Waals surface area contributed by atoms with Crippen molar-refractivity contribution in [3.05, 3.63) is 34.9 Å². The van der Waals surface area contributed by atoms with Crippen LogP contribution in [0, 0.1) is 11.6 Å². The molecule has 2 aromatic heterocycles. The SMILES string of the molecule is Nc1nc2c(-c3c(Cl)cc4c(N5CCCCC(F)(F)C5)nc(OC[C@@]56CCCN5C[C@H](F)C6)nc4c3F)ccc(F)c2s1. The Morgan fingerprint density at radius 2 is 1.91 bits per heavy atom. The fourth-order valence-corrected chi connectivity index (χ4v) is 7.92. The first-order valence-corrected chi connectivity index (χ1v) is 15.4. The van der Waals surface area contributed by atoms with Crippen LogP contribution in [0.25, 0.3) is 32.2 Å². The maximum atomic E-state index is 16.6. The van der Waals surface area contributed by atoms with Crippen LogP contribution in [0.15, 0.2) is 18.2 Å². The molecule has 0 bridgehead atoms. The summed E-state index contributed by atoms with van der Waals surface area (Å²) < 4.78 is 81.3. The number of ether oxygens (including phenoxy) is 1. The van der Waals surface area contributed by atoms with Crippen molar-refractivity contribution in [3.8, 4) is 17.1 Å². The summed E-state index contributed by atoms with van der Waals surface area (Å²) in [6.45, 7) is 0.796. The van der Waals surface area contributed by atoms with Gasteiger partial charge in [0.2, 0.25) is 0 Å². The van der Waals surface area contributed by atoms with E-state index in [4.69, 9.17) is 22.1 Å². The van der Waals surface area contributed by atoms with E-state index in [2.05, 4.69) is 19.9 Å².